The minimum Gasteiger partial charge on any atom is -0.463 e. The molecule has 0 spiro atoms. The second-order valence-electron chi connectivity index (χ2n) is 12.6. The average molecular weight is 629 g/mol. The van der Waals surface area contributed by atoms with Gasteiger partial charge in [-0.05, 0) is 12.8 Å². The van der Waals surface area contributed by atoms with Crippen LogP contribution in [0.2, 0.25) is 0 Å². The van der Waals surface area contributed by atoms with Gasteiger partial charge in [-0.1, -0.05) is 162 Å². The van der Waals surface area contributed by atoms with Gasteiger partial charge >= 0.3 is 5.97 Å². The molecule has 0 saturated heterocycles. The normalized spacial score (nSPS) is 11.4. The molecule has 0 radical (unpaired) electrons. The Labute approximate surface area is 274 Å². The first-order valence-electron chi connectivity index (χ1n) is 19.3. The van der Waals surface area contributed by atoms with Gasteiger partial charge in [0.2, 0.25) is 0 Å². The molecule has 0 aromatic carbocycles. The maximum absolute atomic E-state index is 11.8. The number of unbranched alkanes of at least 4 members (excludes halogenated alkanes) is 23. The van der Waals surface area contributed by atoms with Crippen LogP contribution in [0.15, 0.2) is 0 Å². The molecular weight excluding hydrogens is 552 g/mol. The molecule has 0 saturated carbocycles. The lowest BCUT2D eigenvalue weighted by molar-refractivity contribution is -0.145. The zero-order chi connectivity index (χ0) is 31.9. The highest BCUT2D eigenvalue weighted by Gasteiger charge is 2.03. The van der Waals surface area contributed by atoms with E-state index >= 15 is 0 Å². The molecule has 0 atom stereocenters. The second kappa shape index (κ2) is 40.3. The van der Waals surface area contributed by atoms with Gasteiger partial charge in [-0.2, -0.15) is 0 Å². The van der Waals surface area contributed by atoms with Gasteiger partial charge in [0, 0.05) is 13.0 Å². The summed E-state index contributed by atoms with van der Waals surface area (Å²) in [5, 5.41) is 0. The van der Waals surface area contributed by atoms with E-state index < -0.39 is 0 Å². The molecule has 0 N–H and O–H groups in total. The van der Waals surface area contributed by atoms with Gasteiger partial charge in [-0.15, -0.1) is 0 Å². The molecule has 264 valence electrons. The summed E-state index contributed by atoms with van der Waals surface area (Å²) in [6.45, 7) is 9.51. The molecule has 0 unspecified atom stereocenters. The third-order valence-electron chi connectivity index (χ3n) is 8.23. The molecule has 0 heterocycles. The molecule has 0 aliphatic rings. The van der Waals surface area contributed by atoms with E-state index in [9.17, 15) is 4.79 Å². The van der Waals surface area contributed by atoms with Crippen molar-refractivity contribution in [2.45, 2.75) is 181 Å². The van der Waals surface area contributed by atoms with Crippen LogP contribution < -0.4 is 0 Å². The van der Waals surface area contributed by atoms with Crippen molar-refractivity contribution in [3.8, 4) is 0 Å². The highest BCUT2D eigenvalue weighted by atomic mass is 16.6. The lowest BCUT2D eigenvalue weighted by Crippen LogP contribution is -2.14. The second-order valence-corrected chi connectivity index (χ2v) is 12.6. The molecule has 44 heavy (non-hydrogen) atoms. The Morgan fingerprint density at radius 1 is 0.318 bits per heavy atom. The van der Waals surface area contributed by atoms with Crippen LogP contribution in [0.5, 0.6) is 0 Å². The molecule has 6 nitrogen and oxygen atoms in total. The van der Waals surface area contributed by atoms with Gasteiger partial charge in [0.1, 0.15) is 6.61 Å². The third-order valence-corrected chi connectivity index (χ3v) is 8.23. The molecule has 0 aromatic heterocycles. The van der Waals surface area contributed by atoms with Crippen LogP contribution in [0, 0.1) is 0 Å². The summed E-state index contributed by atoms with van der Waals surface area (Å²) in [6, 6.07) is 0. The van der Waals surface area contributed by atoms with Crippen molar-refractivity contribution in [2.75, 3.05) is 59.5 Å². The fraction of sp³-hybridized carbons (Fsp3) is 0.974. The highest BCUT2D eigenvalue weighted by molar-refractivity contribution is 5.69. The summed E-state index contributed by atoms with van der Waals surface area (Å²) in [5.74, 6) is -0.112. The van der Waals surface area contributed by atoms with Crippen molar-refractivity contribution < 1.29 is 28.5 Å². The van der Waals surface area contributed by atoms with Gasteiger partial charge < -0.3 is 23.7 Å². The smallest absolute Gasteiger partial charge is 0.305 e. The first-order chi connectivity index (χ1) is 21.8. The van der Waals surface area contributed by atoms with Gasteiger partial charge in [0.15, 0.2) is 0 Å². The highest BCUT2D eigenvalue weighted by Crippen LogP contribution is 2.14. The number of ether oxygens (including phenoxy) is 5. The van der Waals surface area contributed by atoms with E-state index in [0.29, 0.717) is 59.3 Å². The van der Waals surface area contributed by atoms with Crippen LogP contribution in [0.1, 0.15) is 181 Å². The zero-order valence-electron chi connectivity index (χ0n) is 29.7. The summed E-state index contributed by atoms with van der Waals surface area (Å²) in [6.07, 6.45) is 34.0. The molecule has 0 aliphatic heterocycles. The standard InChI is InChI=1S/C38H76O6/c1-3-5-7-9-11-13-14-15-16-17-18-19-21-23-25-27-29-40-30-31-41-32-33-42-34-35-43-36-37-44-38(39)28-26-24-22-20-12-10-8-6-4-2/h3-37H2,1-2H3. The monoisotopic (exact) mass is 629 g/mol. The molecule has 0 rings (SSSR count). The van der Waals surface area contributed by atoms with Crippen molar-refractivity contribution in [1.29, 1.82) is 0 Å². The molecule has 0 amide bonds. The fourth-order valence-electron chi connectivity index (χ4n) is 5.38. The van der Waals surface area contributed by atoms with Crippen LogP contribution in [-0.2, 0) is 28.5 Å². The van der Waals surface area contributed by atoms with E-state index in [1.165, 1.54) is 141 Å². The topological polar surface area (TPSA) is 63.2 Å². The predicted octanol–water partition coefficient (Wildman–Crippen LogP) is 10.8. The number of carbonyl (C=O) groups excluding carboxylic acids is 1. The summed E-state index contributed by atoms with van der Waals surface area (Å²) in [4.78, 5) is 11.8. The van der Waals surface area contributed by atoms with Gasteiger partial charge in [-0.25, -0.2) is 0 Å². The van der Waals surface area contributed by atoms with E-state index in [0.717, 1.165) is 25.9 Å². The number of rotatable bonds is 39. The SMILES string of the molecule is CCCCCCCCCCCCCCCCCCOCCOCCOCCOCCOC(=O)CCCCCCCCCCC. The number of hydrogen-bond donors (Lipinski definition) is 0. The summed E-state index contributed by atoms with van der Waals surface area (Å²) in [7, 11) is 0. The minimum atomic E-state index is -0.112. The van der Waals surface area contributed by atoms with Crippen molar-refractivity contribution in [1.82, 2.24) is 0 Å². The Balaban J connectivity index is 3.11. The lowest BCUT2D eigenvalue weighted by Gasteiger charge is -2.08. The van der Waals surface area contributed by atoms with Crippen molar-refractivity contribution in [2.24, 2.45) is 0 Å². The van der Waals surface area contributed by atoms with Crippen molar-refractivity contribution >= 4 is 5.97 Å². The maximum Gasteiger partial charge on any atom is 0.305 e. The Bertz CT molecular complexity index is 529. The van der Waals surface area contributed by atoms with Crippen LogP contribution >= 0.6 is 0 Å². The predicted molar refractivity (Wildman–Crippen MR) is 186 cm³/mol. The molecule has 0 aromatic rings. The van der Waals surface area contributed by atoms with Crippen molar-refractivity contribution in [3.05, 3.63) is 0 Å². The molecule has 0 aliphatic carbocycles. The molecule has 6 heteroatoms. The van der Waals surface area contributed by atoms with Crippen LogP contribution in [0.25, 0.3) is 0 Å². The first kappa shape index (κ1) is 43.3. The van der Waals surface area contributed by atoms with Gasteiger partial charge in [-0.3, -0.25) is 4.79 Å². The zero-order valence-corrected chi connectivity index (χ0v) is 29.7. The Morgan fingerprint density at radius 3 is 0.955 bits per heavy atom. The van der Waals surface area contributed by atoms with Gasteiger partial charge in [0.05, 0.1) is 46.2 Å². The average Bonchev–Trinajstić information content (AvgIpc) is 3.03. The number of esters is 1. The first-order valence-corrected chi connectivity index (χ1v) is 19.3. The van der Waals surface area contributed by atoms with E-state index in [1.54, 1.807) is 0 Å². The quantitative estimate of drug-likeness (QED) is 0.0498. The molecular formula is C38H76O6. The van der Waals surface area contributed by atoms with Gasteiger partial charge in [0.25, 0.3) is 0 Å². The summed E-state index contributed by atoms with van der Waals surface area (Å²) < 4.78 is 27.5. The third kappa shape index (κ3) is 39.3. The molecule has 0 fully saturated rings. The van der Waals surface area contributed by atoms with Crippen LogP contribution in [-0.4, -0.2) is 65.4 Å². The van der Waals surface area contributed by atoms with E-state index in [4.69, 9.17) is 23.7 Å². The number of hydrogen-bond acceptors (Lipinski definition) is 6. The minimum absolute atomic E-state index is 0.112. The van der Waals surface area contributed by atoms with E-state index in [2.05, 4.69) is 13.8 Å². The van der Waals surface area contributed by atoms with E-state index in [1.807, 2.05) is 0 Å². The summed E-state index contributed by atoms with van der Waals surface area (Å²) in [5.41, 5.74) is 0. The van der Waals surface area contributed by atoms with Crippen LogP contribution in [0.4, 0.5) is 0 Å². The number of carbonyl (C=O) groups is 1. The largest absolute Gasteiger partial charge is 0.463 e. The Kier molecular flexibility index (Phi) is 39.7. The maximum atomic E-state index is 11.8. The molecule has 0 bridgehead atoms. The summed E-state index contributed by atoms with van der Waals surface area (Å²) >= 11 is 0. The Hall–Kier alpha value is -0.690. The fourth-order valence-corrected chi connectivity index (χ4v) is 5.38. The van der Waals surface area contributed by atoms with E-state index in [-0.39, 0.29) is 5.97 Å². The van der Waals surface area contributed by atoms with Crippen molar-refractivity contribution in [3.63, 3.8) is 0 Å². The Morgan fingerprint density at radius 2 is 0.591 bits per heavy atom. The van der Waals surface area contributed by atoms with Crippen LogP contribution in [0.3, 0.4) is 0 Å². The lowest BCUT2D eigenvalue weighted by atomic mass is 10.0.